The summed E-state index contributed by atoms with van der Waals surface area (Å²) < 4.78 is 24.0. The number of hydrogen-bond acceptors (Lipinski definition) is 4. The Kier molecular flexibility index (Phi) is 5.04. The molecule has 128 valence electrons. The molecule has 0 saturated carbocycles. The molecule has 0 radical (unpaired) electrons. The van der Waals surface area contributed by atoms with Gasteiger partial charge in [0.1, 0.15) is 0 Å². The van der Waals surface area contributed by atoms with Crippen LogP contribution in [-0.2, 0) is 9.84 Å². The van der Waals surface area contributed by atoms with Crippen LogP contribution in [0.5, 0.6) is 0 Å². The Morgan fingerprint density at radius 3 is 1.88 bits per heavy atom. The summed E-state index contributed by atoms with van der Waals surface area (Å²) in [7, 11) is -3.19. The van der Waals surface area contributed by atoms with Gasteiger partial charge in [-0.05, 0) is 17.7 Å². The second kappa shape index (κ2) is 7.05. The van der Waals surface area contributed by atoms with Crippen LogP contribution in [0.2, 0.25) is 0 Å². The topological polar surface area (TPSA) is 57.6 Å². The predicted molar refractivity (Wildman–Crippen MR) is 95.6 cm³/mol. The van der Waals surface area contributed by atoms with Gasteiger partial charge >= 0.3 is 0 Å². The molecule has 4 nitrogen and oxygen atoms in total. The quantitative estimate of drug-likeness (QED) is 0.903. The van der Waals surface area contributed by atoms with Gasteiger partial charge in [-0.25, -0.2) is 8.42 Å². The zero-order chi connectivity index (χ0) is 17.2. The standard InChI is InChI=1S/C19H23NO3S/c1-2-20(17-13-24(22,23)14-18(17)21)19(15-9-5-3-6-10-15)16-11-7-4-8-12-16/h3-12,17-19,21H,2,13-14H2,1H3/t17-,18-/m1/s1. The van der Waals surface area contributed by atoms with E-state index in [1.54, 1.807) is 0 Å². The lowest BCUT2D eigenvalue weighted by Crippen LogP contribution is -2.45. The fourth-order valence-corrected chi connectivity index (χ4v) is 5.39. The molecule has 0 bridgehead atoms. The second-order valence-corrected chi connectivity index (χ2v) is 8.42. The largest absolute Gasteiger partial charge is 0.390 e. The lowest BCUT2D eigenvalue weighted by Gasteiger charge is -2.37. The first-order valence-corrected chi connectivity index (χ1v) is 10.1. The van der Waals surface area contributed by atoms with Gasteiger partial charge < -0.3 is 5.11 Å². The van der Waals surface area contributed by atoms with Crippen LogP contribution in [0.1, 0.15) is 24.1 Å². The second-order valence-electron chi connectivity index (χ2n) is 6.27. The van der Waals surface area contributed by atoms with Gasteiger partial charge in [0.15, 0.2) is 9.84 Å². The normalized spacial score (nSPS) is 23.0. The van der Waals surface area contributed by atoms with Crippen LogP contribution in [0.3, 0.4) is 0 Å². The molecule has 1 saturated heterocycles. The van der Waals surface area contributed by atoms with E-state index in [9.17, 15) is 13.5 Å². The van der Waals surface area contributed by atoms with E-state index in [0.29, 0.717) is 6.54 Å². The lowest BCUT2D eigenvalue weighted by atomic mass is 9.95. The van der Waals surface area contributed by atoms with E-state index in [1.807, 2.05) is 43.3 Å². The number of aliphatic hydroxyl groups is 1. The summed E-state index contributed by atoms with van der Waals surface area (Å²) in [6, 6.07) is 19.6. The maximum Gasteiger partial charge on any atom is 0.154 e. The van der Waals surface area contributed by atoms with Crippen molar-refractivity contribution in [2.24, 2.45) is 0 Å². The van der Waals surface area contributed by atoms with Crippen molar-refractivity contribution in [3.05, 3.63) is 71.8 Å². The van der Waals surface area contributed by atoms with Crippen molar-refractivity contribution in [2.75, 3.05) is 18.1 Å². The Morgan fingerprint density at radius 2 is 1.50 bits per heavy atom. The van der Waals surface area contributed by atoms with Gasteiger partial charge in [0.2, 0.25) is 0 Å². The molecule has 0 spiro atoms. The average molecular weight is 345 g/mol. The number of benzene rings is 2. The molecule has 0 aromatic heterocycles. The third kappa shape index (κ3) is 3.53. The van der Waals surface area contributed by atoms with Crippen molar-refractivity contribution < 1.29 is 13.5 Å². The molecule has 2 aromatic rings. The molecule has 3 rings (SSSR count). The Morgan fingerprint density at radius 1 is 1.00 bits per heavy atom. The maximum atomic E-state index is 12.0. The van der Waals surface area contributed by atoms with Crippen LogP contribution in [0, 0.1) is 0 Å². The van der Waals surface area contributed by atoms with E-state index >= 15 is 0 Å². The third-order valence-electron chi connectivity index (χ3n) is 4.65. The minimum absolute atomic E-state index is 0.0121. The molecule has 0 unspecified atom stereocenters. The van der Waals surface area contributed by atoms with Crippen molar-refractivity contribution in [3.8, 4) is 0 Å². The maximum absolute atomic E-state index is 12.0. The number of hydrogen-bond donors (Lipinski definition) is 1. The van der Waals surface area contributed by atoms with E-state index in [4.69, 9.17) is 0 Å². The number of nitrogens with zero attached hydrogens (tertiary/aromatic N) is 1. The summed E-state index contributed by atoms with van der Waals surface area (Å²) in [5.41, 5.74) is 2.20. The van der Waals surface area contributed by atoms with Gasteiger partial charge in [-0.2, -0.15) is 0 Å². The number of sulfone groups is 1. The molecule has 24 heavy (non-hydrogen) atoms. The van der Waals surface area contributed by atoms with Crippen LogP contribution >= 0.6 is 0 Å². The van der Waals surface area contributed by atoms with Crippen molar-refractivity contribution in [1.29, 1.82) is 0 Å². The molecule has 5 heteroatoms. The van der Waals surface area contributed by atoms with Gasteiger partial charge in [-0.1, -0.05) is 67.6 Å². The Hall–Kier alpha value is -1.69. The van der Waals surface area contributed by atoms with E-state index < -0.39 is 15.9 Å². The van der Waals surface area contributed by atoms with Gasteiger partial charge in [-0.15, -0.1) is 0 Å². The molecular weight excluding hydrogens is 322 g/mol. The smallest absolute Gasteiger partial charge is 0.154 e. The zero-order valence-electron chi connectivity index (χ0n) is 13.7. The number of likely N-dealkylation sites (N-methyl/N-ethyl adjacent to an activating group) is 1. The Labute approximate surface area is 143 Å². The molecule has 1 aliphatic heterocycles. The zero-order valence-corrected chi connectivity index (χ0v) is 14.6. The van der Waals surface area contributed by atoms with Crippen LogP contribution in [0.4, 0.5) is 0 Å². The highest BCUT2D eigenvalue weighted by Gasteiger charge is 2.42. The molecule has 1 aliphatic rings. The van der Waals surface area contributed by atoms with Crippen LogP contribution in [0.25, 0.3) is 0 Å². The molecule has 1 N–H and O–H groups in total. The molecule has 2 atom stereocenters. The minimum Gasteiger partial charge on any atom is -0.390 e. The molecule has 1 heterocycles. The fourth-order valence-electron chi connectivity index (χ4n) is 3.58. The first-order chi connectivity index (χ1) is 11.5. The summed E-state index contributed by atoms with van der Waals surface area (Å²) in [4.78, 5) is 2.11. The Bertz CT molecular complexity index is 722. The highest BCUT2D eigenvalue weighted by molar-refractivity contribution is 7.91. The van der Waals surface area contributed by atoms with Gasteiger partial charge in [0.05, 0.1) is 29.7 Å². The van der Waals surface area contributed by atoms with Gasteiger partial charge in [0.25, 0.3) is 0 Å². The van der Waals surface area contributed by atoms with E-state index in [0.717, 1.165) is 11.1 Å². The molecular formula is C19H23NO3S. The lowest BCUT2D eigenvalue weighted by molar-refractivity contribution is 0.0678. The van der Waals surface area contributed by atoms with Crippen LogP contribution in [0.15, 0.2) is 60.7 Å². The SMILES string of the molecule is CCN(C(c1ccccc1)c1ccccc1)[C@@H]1CS(=O)(=O)C[C@H]1O. The van der Waals surface area contributed by atoms with E-state index in [-0.39, 0.29) is 23.6 Å². The van der Waals surface area contributed by atoms with Crippen LogP contribution in [-0.4, -0.2) is 48.6 Å². The minimum atomic E-state index is -3.19. The predicted octanol–water partition coefficient (Wildman–Crippen LogP) is 2.26. The summed E-state index contributed by atoms with van der Waals surface area (Å²) >= 11 is 0. The van der Waals surface area contributed by atoms with Crippen molar-refractivity contribution in [1.82, 2.24) is 4.90 Å². The fraction of sp³-hybridized carbons (Fsp3) is 0.368. The summed E-state index contributed by atoms with van der Waals surface area (Å²) in [6.45, 7) is 2.67. The molecule has 2 aromatic carbocycles. The first-order valence-electron chi connectivity index (χ1n) is 8.26. The van der Waals surface area contributed by atoms with E-state index in [2.05, 4.69) is 29.2 Å². The number of rotatable bonds is 5. The molecule has 1 fully saturated rings. The third-order valence-corrected chi connectivity index (χ3v) is 6.35. The molecule has 0 aliphatic carbocycles. The molecule has 0 amide bonds. The van der Waals surface area contributed by atoms with Gasteiger partial charge in [0, 0.05) is 0 Å². The number of aliphatic hydroxyl groups excluding tert-OH is 1. The average Bonchev–Trinajstić information content (AvgIpc) is 2.86. The monoisotopic (exact) mass is 345 g/mol. The summed E-state index contributed by atoms with van der Waals surface area (Å²) in [6.07, 6.45) is -0.843. The van der Waals surface area contributed by atoms with Crippen molar-refractivity contribution >= 4 is 9.84 Å². The highest BCUT2D eigenvalue weighted by Crippen LogP contribution is 2.33. The summed E-state index contributed by atoms with van der Waals surface area (Å²) in [5.74, 6) is -0.136. The van der Waals surface area contributed by atoms with Crippen LogP contribution < -0.4 is 0 Å². The van der Waals surface area contributed by atoms with Crippen molar-refractivity contribution in [2.45, 2.75) is 25.1 Å². The summed E-state index contributed by atoms with van der Waals surface area (Å²) in [5, 5.41) is 10.3. The highest BCUT2D eigenvalue weighted by atomic mass is 32.2. The van der Waals surface area contributed by atoms with Gasteiger partial charge in [-0.3, -0.25) is 4.90 Å². The Balaban J connectivity index is 2.04. The van der Waals surface area contributed by atoms with Crippen molar-refractivity contribution in [3.63, 3.8) is 0 Å². The first kappa shape index (κ1) is 17.1. The van der Waals surface area contributed by atoms with E-state index in [1.165, 1.54) is 0 Å².